The highest BCUT2D eigenvalue weighted by Crippen LogP contribution is 2.27. The average molecular weight is 296 g/mol. The zero-order valence-electron chi connectivity index (χ0n) is 10.9. The van der Waals surface area contributed by atoms with Crippen LogP contribution >= 0.6 is 11.6 Å². The van der Waals surface area contributed by atoms with Crippen molar-refractivity contribution in [3.05, 3.63) is 70.9 Å². The highest BCUT2D eigenvalue weighted by molar-refractivity contribution is 6.30. The van der Waals surface area contributed by atoms with Crippen LogP contribution in [0.5, 0.6) is 0 Å². The van der Waals surface area contributed by atoms with Gasteiger partial charge >= 0.3 is 0 Å². The molecule has 0 bridgehead atoms. The van der Waals surface area contributed by atoms with Crippen LogP contribution in [0.25, 0.3) is 11.0 Å². The minimum atomic E-state index is -0.872. The summed E-state index contributed by atoms with van der Waals surface area (Å²) in [6.07, 6.45) is 1.41. The van der Waals surface area contributed by atoms with Gasteiger partial charge in [0, 0.05) is 10.4 Å². The number of nitriles is 1. The van der Waals surface area contributed by atoms with Crippen molar-refractivity contribution < 1.29 is 9.21 Å². The topological polar surface area (TPSA) is 54.0 Å². The van der Waals surface area contributed by atoms with Crippen molar-refractivity contribution in [2.75, 3.05) is 0 Å². The Labute approximate surface area is 126 Å². The maximum absolute atomic E-state index is 12.6. The molecule has 2 aromatic carbocycles. The molecule has 1 unspecified atom stereocenters. The molecule has 1 aromatic heterocycles. The summed E-state index contributed by atoms with van der Waals surface area (Å²) in [5, 5.41) is 10.6. The van der Waals surface area contributed by atoms with Crippen LogP contribution in [0.2, 0.25) is 5.02 Å². The molecule has 0 aliphatic carbocycles. The molecule has 1 heterocycles. The van der Waals surface area contributed by atoms with E-state index in [0.717, 1.165) is 5.39 Å². The van der Waals surface area contributed by atoms with Crippen LogP contribution in [0.4, 0.5) is 0 Å². The summed E-state index contributed by atoms with van der Waals surface area (Å²) in [6.45, 7) is 0. The number of para-hydroxylation sites is 1. The number of hydrogen-bond acceptors (Lipinski definition) is 3. The summed E-state index contributed by atoms with van der Waals surface area (Å²) in [7, 11) is 0. The van der Waals surface area contributed by atoms with E-state index in [4.69, 9.17) is 16.0 Å². The number of fused-ring (bicyclic) bond motifs is 1. The van der Waals surface area contributed by atoms with Gasteiger partial charge in [0.15, 0.2) is 5.78 Å². The molecular weight excluding hydrogens is 286 g/mol. The van der Waals surface area contributed by atoms with E-state index in [1.807, 2.05) is 18.2 Å². The molecule has 0 radical (unpaired) electrons. The van der Waals surface area contributed by atoms with Crippen LogP contribution in [-0.4, -0.2) is 5.78 Å². The van der Waals surface area contributed by atoms with Crippen molar-refractivity contribution in [3.63, 3.8) is 0 Å². The van der Waals surface area contributed by atoms with Crippen LogP contribution in [-0.2, 0) is 0 Å². The largest absolute Gasteiger partial charge is 0.464 e. The molecule has 0 aliphatic heterocycles. The summed E-state index contributed by atoms with van der Waals surface area (Å²) in [6, 6.07) is 16.0. The number of carbonyl (C=O) groups excluding carboxylic acids is 1. The monoisotopic (exact) mass is 295 g/mol. The van der Waals surface area contributed by atoms with Gasteiger partial charge in [0.2, 0.25) is 0 Å². The van der Waals surface area contributed by atoms with Crippen molar-refractivity contribution in [1.29, 1.82) is 5.26 Å². The second-order valence-corrected chi connectivity index (χ2v) is 5.06. The van der Waals surface area contributed by atoms with Crippen molar-refractivity contribution >= 4 is 28.4 Å². The van der Waals surface area contributed by atoms with Gasteiger partial charge in [0.25, 0.3) is 0 Å². The van der Waals surface area contributed by atoms with E-state index in [2.05, 4.69) is 6.07 Å². The van der Waals surface area contributed by atoms with Gasteiger partial charge in [-0.3, -0.25) is 4.79 Å². The molecule has 0 spiro atoms. The molecule has 3 rings (SSSR count). The van der Waals surface area contributed by atoms with Crippen LogP contribution in [0.1, 0.15) is 21.8 Å². The van der Waals surface area contributed by atoms with Crippen LogP contribution < -0.4 is 0 Å². The summed E-state index contributed by atoms with van der Waals surface area (Å²) in [4.78, 5) is 12.6. The number of carbonyl (C=O) groups is 1. The lowest BCUT2D eigenvalue weighted by Crippen LogP contribution is -2.10. The van der Waals surface area contributed by atoms with E-state index in [0.29, 0.717) is 21.7 Å². The highest BCUT2D eigenvalue weighted by atomic mass is 35.5. The molecule has 0 fully saturated rings. The van der Waals surface area contributed by atoms with Crippen LogP contribution in [0, 0.1) is 11.3 Å². The van der Waals surface area contributed by atoms with E-state index >= 15 is 0 Å². The Morgan fingerprint density at radius 3 is 2.57 bits per heavy atom. The second-order valence-electron chi connectivity index (χ2n) is 4.62. The van der Waals surface area contributed by atoms with E-state index in [9.17, 15) is 10.1 Å². The second kappa shape index (κ2) is 5.43. The zero-order valence-corrected chi connectivity index (χ0v) is 11.7. The van der Waals surface area contributed by atoms with E-state index in [1.165, 1.54) is 6.26 Å². The Morgan fingerprint density at radius 2 is 1.86 bits per heavy atom. The Morgan fingerprint density at radius 1 is 1.14 bits per heavy atom. The Bertz CT molecular complexity index is 843. The predicted octanol–water partition coefficient (Wildman–Crippen LogP) is 4.58. The van der Waals surface area contributed by atoms with E-state index in [1.54, 1.807) is 30.3 Å². The lowest BCUT2D eigenvalue weighted by Gasteiger charge is -2.07. The average Bonchev–Trinajstić information content (AvgIpc) is 2.94. The van der Waals surface area contributed by atoms with Crippen molar-refractivity contribution in [1.82, 2.24) is 0 Å². The molecular formula is C17H10ClNO2. The van der Waals surface area contributed by atoms with Crippen molar-refractivity contribution in [2.45, 2.75) is 5.92 Å². The van der Waals surface area contributed by atoms with E-state index in [-0.39, 0.29) is 5.78 Å². The summed E-state index contributed by atoms with van der Waals surface area (Å²) in [5.41, 5.74) is 1.68. The molecule has 0 saturated carbocycles. The molecule has 102 valence electrons. The van der Waals surface area contributed by atoms with E-state index < -0.39 is 5.92 Å². The Kier molecular flexibility index (Phi) is 3.47. The zero-order chi connectivity index (χ0) is 14.8. The van der Waals surface area contributed by atoms with Crippen LogP contribution in [0.15, 0.2) is 59.2 Å². The van der Waals surface area contributed by atoms with Gasteiger partial charge < -0.3 is 4.42 Å². The third-order valence-electron chi connectivity index (χ3n) is 3.34. The number of rotatable bonds is 3. The number of benzene rings is 2. The molecule has 3 aromatic rings. The van der Waals surface area contributed by atoms with Gasteiger partial charge in [0.1, 0.15) is 17.8 Å². The Hall–Kier alpha value is -2.57. The summed E-state index contributed by atoms with van der Waals surface area (Å²) in [5.74, 6) is -1.15. The first-order valence-corrected chi connectivity index (χ1v) is 6.74. The van der Waals surface area contributed by atoms with Gasteiger partial charge in [-0.25, -0.2) is 0 Å². The number of furan rings is 1. The third kappa shape index (κ3) is 2.42. The smallest absolute Gasteiger partial charge is 0.188 e. The third-order valence-corrected chi connectivity index (χ3v) is 3.59. The number of nitrogens with zero attached hydrogens (tertiary/aromatic N) is 1. The standard InChI is InChI=1S/C17H10ClNO2/c18-12-7-5-11(6-8-12)14(9-19)17(20)15-10-21-16-4-2-1-3-13(15)16/h1-8,10,14H. The molecule has 0 aliphatic rings. The number of hydrogen-bond donors (Lipinski definition) is 0. The lowest BCUT2D eigenvalue weighted by atomic mass is 9.92. The van der Waals surface area contributed by atoms with Gasteiger partial charge in [-0.2, -0.15) is 5.26 Å². The quantitative estimate of drug-likeness (QED) is 0.665. The Balaban J connectivity index is 2.03. The first kappa shape index (κ1) is 13.4. The molecule has 21 heavy (non-hydrogen) atoms. The fourth-order valence-electron chi connectivity index (χ4n) is 2.26. The minimum absolute atomic E-state index is 0.273. The first-order chi connectivity index (χ1) is 10.2. The van der Waals surface area contributed by atoms with Gasteiger partial charge in [0.05, 0.1) is 11.6 Å². The number of Topliss-reactive ketones (excluding diaryl/α,β-unsaturated/α-hetero) is 1. The first-order valence-electron chi connectivity index (χ1n) is 6.36. The minimum Gasteiger partial charge on any atom is -0.464 e. The molecule has 1 atom stereocenters. The number of ketones is 1. The molecule has 0 N–H and O–H groups in total. The maximum Gasteiger partial charge on any atom is 0.188 e. The predicted molar refractivity (Wildman–Crippen MR) is 80.4 cm³/mol. The van der Waals surface area contributed by atoms with Crippen molar-refractivity contribution in [3.8, 4) is 6.07 Å². The van der Waals surface area contributed by atoms with Gasteiger partial charge in [-0.05, 0) is 23.8 Å². The lowest BCUT2D eigenvalue weighted by molar-refractivity contribution is 0.0979. The normalized spacial score (nSPS) is 12.0. The fraction of sp³-hybridized carbons (Fsp3) is 0.0588. The molecule has 0 amide bonds. The summed E-state index contributed by atoms with van der Waals surface area (Å²) < 4.78 is 5.37. The molecule has 3 nitrogen and oxygen atoms in total. The SMILES string of the molecule is N#CC(C(=O)c1coc2ccccc12)c1ccc(Cl)cc1. The van der Waals surface area contributed by atoms with Gasteiger partial charge in [-0.1, -0.05) is 41.9 Å². The highest BCUT2D eigenvalue weighted by Gasteiger charge is 2.24. The van der Waals surface area contributed by atoms with Crippen LogP contribution in [0.3, 0.4) is 0 Å². The molecule has 4 heteroatoms. The summed E-state index contributed by atoms with van der Waals surface area (Å²) >= 11 is 5.83. The fourth-order valence-corrected chi connectivity index (χ4v) is 2.39. The molecule has 0 saturated heterocycles. The van der Waals surface area contributed by atoms with Crippen molar-refractivity contribution in [2.24, 2.45) is 0 Å². The number of halogens is 1. The van der Waals surface area contributed by atoms with Gasteiger partial charge in [-0.15, -0.1) is 0 Å². The maximum atomic E-state index is 12.6.